The van der Waals surface area contributed by atoms with Gasteiger partial charge in [0, 0.05) is 0 Å². The zero-order valence-corrected chi connectivity index (χ0v) is 11.7. The molecule has 2 aromatic rings. The summed E-state index contributed by atoms with van der Waals surface area (Å²) in [5.41, 5.74) is 5.72. The molecule has 0 radical (unpaired) electrons. The molecule has 4 N–H and O–H groups in total. The Labute approximate surface area is 115 Å². The molecule has 102 valence electrons. The minimum atomic E-state index is -0.537. The van der Waals surface area contributed by atoms with Gasteiger partial charge in [-0.15, -0.1) is 0 Å². The number of ether oxygens (including phenoxy) is 1. The SMILES string of the molecule is Nc1nc2c(ncn2[C@H]2C[C@H](O)[C@@H](C[SeH])O2)c(=O)[nH]1. The van der Waals surface area contributed by atoms with Crippen LogP contribution in [0.15, 0.2) is 11.1 Å². The summed E-state index contributed by atoms with van der Waals surface area (Å²) in [4.78, 5) is 22.1. The third-order valence-electron chi connectivity index (χ3n) is 3.15. The summed E-state index contributed by atoms with van der Waals surface area (Å²) in [6.45, 7) is 0. The van der Waals surface area contributed by atoms with E-state index in [4.69, 9.17) is 10.5 Å². The monoisotopic (exact) mass is 331 g/mol. The molecule has 1 fully saturated rings. The summed E-state index contributed by atoms with van der Waals surface area (Å²) in [5.74, 6) is 0.0292. The fourth-order valence-electron chi connectivity index (χ4n) is 2.20. The van der Waals surface area contributed by atoms with E-state index in [1.165, 1.54) is 6.33 Å². The van der Waals surface area contributed by atoms with Gasteiger partial charge in [-0.1, -0.05) is 0 Å². The van der Waals surface area contributed by atoms with Gasteiger partial charge < -0.3 is 0 Å². The Balaban J connectivity index is 2.05. The first-order valence-corrected chi connectivity index (χ1v) is 7.09. The van der Waals surface area contributed by atoms with Crippen LogP contribution in [0.5, 0.6) is 0 Å². The summed E-state index contributed by atoms with van der Waals surface area (Å²) in [5, 5.41) is 10.5. The number of nitrogens with zero attached hydrogens (tertiary/aromatic N) is 3. The van der Waals surface area contributed by atoms with Gasteiger partial charge in [-0.3, -0.25) is 0 Å². The topological polar surface area (TPSA) is 119 Å². The van der Waals surface area contributed by atoms with Crippen molar-refractivity contribution in [2.75, 3.05) is 5.73 Å². The van der Waals surface area contributed by atoms with E-state index in [1.807, 2.05) is 0 Å². The number of hydrogen-bond donors (Lipinski definition) is 3. The van der Waals surface area contributed by atoms with E-state index in [2.05, 4.69) is 31.0 Å². The fraction of sp³-hybridized carbons (Fsp3) is 0.500. The molecule has 0 spiro atoms. The molecule has 3 atom stereocenters. The summed E-state index contributed by atoms with van der Waals surface area (Å²) in [6.07, 6.45) is 0.758. The molecule has 0 bridgehead atoms. The van der Waals surface area contributed by atoms with Gasteiger partial charge >= 0.3 is 115 Å². The third kappa shape index (κ3) is 2.04. The van der Waals surface area contributed by atoms with E-state index < -0.39 is 6.10 Å². The summed E-state index contributed by atoms with van der Waals surface area (Å²) >= 11 is 2.39. The molecule has 0 saturated carbocycles. The Morgan fingerprint density at radius 2 is 2.47 bits per heavy atom. The van der Waals surface area contributed by atoms with E-state index in [-0.39, 0.29) is 29.4 Å². The standard InChI is InChI=1S/C10H13N5O3Se/c11-10-13-8-7(9(17)14-10)12-3-15(8)6-1-4(16)5(2-19)18-6/h3-6,16,19H,1-2H2,(H3,11,13,14,17)/t4-,5+,6+/m0/s1. The molecule has 0 amide bonds. The molecule has 1 aliphatic heterocycles. The van der Waals surface area contributed by atoms with Crippen LogP contribution in [0.4, 0.5) is 5.95 Å². The van der Waals surface area contributed by atoms with E-state index in [0.29, 0.717) is 17.4 Å². The number of nitrogens with one attached hydrogen (secondary N) is 1. The number of aliphatic hydroxyl groups excluding tert-OH is 1. The summed E-state index contributed by atoms with van der Waals surface area (Å²) < 4.78 is 7.35. The number of aliphatic hydroxyl groups is 1. The molecule has 9 heteroatoms. The first kappa shape index (κ1) is 12.6. The van der Waals surface area contributed by atoms with Gasteiger partial charge in [0.25, 0.3) is 0 Å². The second kappa shape index (κ2) is 4.60. The second-order valence-corrected chi connectivity index (χ2v) is 5.16. The average molecular weight is 330 g/mol. The molecular formula is C10H13N5O3Se. The van der Waals surface area contributed by atoms with Crippen LogP contribution in [-0.2, 0) is 4.74 Å². The Morgan fingerprint density at radius 3 is 3.16 bits per heavy atom. The van der Waals surface area contributed by atoms with Gasteiger partial charge in [-0.2, -0.15) is 0 Å². The van der Waals surface area contributed by atoms with E-state index in [1.54, 1.807) is 4.57 Å². The number of hydrogen-bond acceptors (Lipinski definition) is 6. The quantitative estimate of drug-likeness (QED) is 0.587. The van der Waals surface area contributed by atoms with Gasteiger partial charge in [0.15, 0.2) is 0 Å². The van der Waals surface area contributed by atoms with Crippen LogP contribution in [0.2, 0.25) is 5.32 Å². The first-order chi connectivity index (χ1) is 9.10. The van der Waals surface area contributed by atoms with Gasteiger partial charge in [-0.05, 0) is 0 Å². The van der Waals surface area contributed by atoms with Crippen molar-refractivity contribution in [1.29, 1.82) is 0 Å². The van der Waals surface area contributed by atoms with Gasteiger partial charge in [0.2, 0.25) is 0 Å². The molecule has 0 aliphatic carbocycles. The van der Waals surface area contributed by atoms with E-state index >= 15 is 0 Å². The van der Waals surface area contributed by atoms with Crippen molar-refractivity contribution in [3.05, 3.63) is 16.7 Å². The number of nitrogen functional groups attached to an aromatic ring is 1. The Bertz CT molecular complexity index is 669. The molecule has 19 heavy (non-hydrogen) atoms. The zero-order valence-electron chi connectivity index (χ0n) is 9.85. The number of aromatic amines is 1. The normalized spacial score (nSPS) is 27.2. The van der Waals surface area contributed by atoms with Crippen molar-refractivity contribution in [2.45, 2.75) is 30.2 Å². The van der Waals surface area contributed by atoms with Gasteiger partial charge in [0.05, 0.1) is 0 Å². The maximum absolute atomic E-state index is 11.7. The van der Waals surface area contributed by atoms with E-state index in [9.17, 15) is 9.90 Å². The van der Waals surface area contributed by atoms with E-state index in [0.717, 1.165) is 0 Å². The number of imidazole rings is 1. The van der Waals surface area contributed by atoms with Crippen LogP contribution in [-0.4, -0.2) is 52.8 Å². The van der Waals surface area contributed by atoms with Crippen LogP contribution in [0, 0.1) is 0 Å². The maximum atomic E-state index is 11.7. The van der Waals surface area contributed by atoms with Crippen LogP contribution in [0.25, 0.3) is 11.2 Å². The van der Waals surface area contributed by atoms with Gasteiger partial charge in [0.1, 0.15) is 0 Å². The minimum absolute atomic E-state index is 0.0292. The average Bonchev–Trinajstić information content (AvgIpc) is 2.92. The Morgan fingerprint density at radius 1 is 1.68 bits per heavy atom. The summed E-state index contributed by atoms with van der Waals surface area (Å²) in [7, 11) is 0. The van der Waals surface area contributed by atoms with Crippen LogP contribution in [0.3, 0.4) is 0 Å². The number of anilines is 1. The zero-order chi connectivity index (χ0) is 13.6. The molecule has 3 rings (SSSR count). The third-order valence-corrected chi connectivity index (χ3v) is 3.90. The number of rotatable bonds is 2. The summed E-state index contributed by atoms with van der Waals surface area (Å²) in [6, 6.07) is 0. The molecule has 3 heterocycles. The Kier molecular flexibility index (Phi) is 3.06. The number of nitrogens with two attached hydrogens (primary N) is 1. The molecule has 1 aliphatic rings. The first-order valence-electron chi connectivity index (χ1n) is 5.77. The van der Waals surface area contributed by atoms with Crippen molar-refractivity contribution < 1.29 is 9.84 Å². The van der Waals surface area contributed by atoms with Crippen molar-refractivity contribution in [1.82, 2.24) is 19.5 Å². The Hall–Kier alpha value is -1.41. The van der Waals surface area contributed by atoms with Crippen LogP contribution in [0.1, 0.15) is 12.6 Å². The predicted molar refractivity (Wildman–Crippen MR) is 69.1 cm³/mol. The van der Waals surface area contributed by atoms with Crippen molar-refractivity contribution in [3.63, 3.8) is 0 Å². The second-order valence-electron chi connectivity index (χ2n) is 4.39. The number of H-pyrrole nitrogens is 1. The fourth-order valence-corrected chi connectivity index (χ4v) is 2.90. The van der Waals surface area contributed by atoms with Crippen LogP contribution < -0.4 is 11.3 Å². The molecule has 0 unspecified atom stereocenters. The molecule has 1 saturated heterocycles. The van der Waals surface area contributed by atoms with Crippen LogP contribution >= 0.6 is 0 Å². The molecule has 8 nitrogen and oxygen atoms in total. The van der Waals surface area contributed by atoms with Crippen molar-refractivity contribution >= 4 is 33.1 Å². The molecule has 2 aromatic heterocycles. The predicted octanol–water partition coefficient (Wildman–Crippen LogP) is -1.33. The number of fused-ring (bicyclic) bond motifs is 1. The number of aromatic nitrogens is 4. The van der Waals surface area contributed by atoms with Crippen molar-refractivity contribution in [3.8, 4) is 0 Å². The molecular weight excluding hydrogens is 317 g/mol. The van der Waals surface area contributed by atoms with Crippen molar-refractivity contribution in [2.24, 2.45) is 0 Å². The molecule has 0 aromatic carbocycles. The van der Waals surface area contributed by atoms with Gasteiger partial charge in [-0.25, -0.2) is 0 Å².